The average Bonchev–Trinajstić information content (AvgIpc) is 3.14. The predicted octanol–water partition coefficient (Wildman–Crippen LogP) is 1.93. The van der Waals surface area contributed by atoms with E-state index in [1.807, 2.05) is 18.2 Å². The van der Waals surface area contributed by atoms with Gasteiger partial charge in [0.2, 0.25) is 5.91 Å². The number of carbonyl (C=O) groups is 2. The molecule has 2 amide bonds. The number of carbonyl (C=O) groups excluding carboxylic acids is 2. The molecule has 0 saturated carbocycles. The van der Waals surface area contributed by atoms with E-state index < -0.39 is 5.92 Å². The molecule has 1 N–H and O–H groups in total. The summed E-state index contributed by atoms with van der Waals surface area (Å²) in [5.41, 5.74) is 1.12. The second kappa shape index (κ2) is 5.85. The molecule has 1 atom stereocenters. The van der Waals surface area contributed by atoms with Gasteiger partial charge in [-0.3, -0.25) is 9.59 Å². The van der Waals surface area contributed by atoms with Crippen molar-refractivity contribution in [2.24, 2.45) is 11.0 Å². The minimum absolute atomic E-state index is 0.244. The monoisotopic (exact) mass is 297 g/mol. The van der Waals surface area contributed by atoms with Crippen molar-refractivity contribution in [1.82, 2.24) is 5.32 Å². The zero-order valence-electron chi connectivity index (χ0n) is 12.0. The number of hydrogen-bond donors (Lipinski definition) is 1. The molecule has 22 heavy (non-hydrogen) atoms. The van der Waals surface area contributed by atoms with E-state index >= 15 is 0 Å². The van der Waals surface area contributed by atoms with Gasteiger partial charge < -0.3 is 9.73 Å². The lowest BCUT2D eigenvalue weighted by atomic mass is 10.0. The summed E-state index contributed by atoms with van der Waals surface area (Å²) in [6, 6.07) is 12.5. The van der Waals surface area contributed by atoms with Crippen LogP contribution in [0.1, 0.15) is 12.7 Å². The molecular weight excluding hydrogens is 282 g/mol. The van der Waals surface area contributed by atoms with Crippen molar-refractivity contribution in [2.75, 3.05) is 5.01 Å². The average molecular weight is 297 g/mol. The number of nitrogens with zero attached hydrogens (tertiary/aromatic N) is 2. The van der Waals surface area contributed by atoms with Crippen molar-refractivity contribution in [1.29, 1.82) is 0 Å². The fourth-order valence-electron chi connectivity index (χ4n) is 2.31. The van der Waals surface area contributed by atoms with E-state index in [4.69, 9.17) is 4.42 Å². The van der Waals surface area contributed by atoms with E-state index in [1.165, 1.54) is 11.3 Å². The molecule has 1 aromatic carbocycles. The standard InChI is InChI=1S/C16H15N3O3/c1-11-14(15(20)17-10-13-8-5-9-22-13)16(21)19(18-11)12-6-3-2-4-7-12/h2-9,14H,10H2,1H3,(H,17,20). The summed E-state index contributed by atoms with van der Waals surface area (Å²) in [6.07, 6.45) is 1.53. The number of furan rings is 1. The third-order valence-corrected chi connectivity index (χ3v) is 3.41. The van der Waals surface area contributed by atoms with Crippen molar-refractivity contribution in [3.05, 3.63) is 54.5 Å². The molecule has 0 saturated heterocycles. The van der Waals surface area contributed by atoms with Gasteiger partial charge in [-0.15, -0.1) is 0 Å². The van der Waals surface area contributed by atoms with Crippen LogP contribution in [0, 0.1) is 5.92 Å². The Hall–Kier alpha value is -2.89. The highest BCUT2D eigenvalue weighted by molar-refractivity contribution is 6.26. The predicted molar refractivity (Wildman–Crippen MR) is 81.1 cm³/mol. The van der Waals surface area contributed by atoms with E-state index in [1.54, 1.807) is 31.2 Å². The molecule has 2 heterocycles. The quantitative estimate of drug-likeness (QED) is 0.876. The van der Waals surface area contributed by atoms with Crippen LogP contribution in [0.4, 0.5) is 5.69 Å². The van der Waals surface area contributed by atoms with Crippen LogP contribution in [0.25, 0.3) is 0 Å². The van der Waals surface area contributed by atoms with Gasteiger partial charge in [0.1, 0.15) is 5.76 Å². The molecule has 6 heteroatoms. The van der Waals surface area contributed by atoms with E-state index in [0.717, 1.165) is 0 Å². The second-order valence-electron chi connectivity index (χ2n) is 4.96. The van der Waals surface area contributed by atoms with Crippen LogP contribution in [-0.4, -0.2) is 17.5 Å². The van der Waals surface area contributed by atoms with Crippen molar-refractivity contribution in [3.63, 3.8) is 0 Å². The van der Waals surface area contributed by atoms with Crippen molar-refractivity contribution in [3.8, 4) is 0 Å². The van der Waals surface area contributed by atoms with Crippen LogP contribution >= 0.6 is 0 Å². The van der Waals surface area contributed by atoms with Gasteiger partial charge in [-0.2, -0.15) is 10.1 Å². The first-order valence-corrected chi connectivity index (χ1v) is 6.91. The normalized spacial score (nSPS) is 17.5. The van der Waals surface area contributed by atoms with Crippen molar-refractivity contribution in [2.45, 2.75) is 13.5 Å². The van der Waals surface area contributed by atoms with E-state index in [-0.39, 0.29) is 18.4 Å². The number of anilines is 1. The number of rotatable bonds is 4. The summed E-state index contributed by atoms with van der Waals surface area (Å²) in [7, 11) is 0. The Balaban J connectivity index is 1.71. The van der Waals surface area contributed by atoms with Gasteiger partial charge in [0, 0.05) is 0 Å². The highest BCUT2D eigenvalue weighted by atomic mass is 16.3. The lowest BCUT2D eigenvalue weighted by Crippen LogP contribution is -2.39. The Morgan fingerprint density at radius 2 is 2.05 bits per heavy atom. The Bertz CT molecular complexity index is 708. The lowest BCUT2D eigenvalue weighted by molar-refractivity contribution is -0.130. The molecule has 1 aromatic heterocycles. The maximum Gasteiger partial charge on any atom is 0.265 e. The Morgan fingerprint density at radius 1 is 1.27 bits per heavy atom. The van der Waals surface area contributed by atoms with Crippen LogP contribution in [0.2, 0.25) is 0 Å². The van der Waals surface area contributed by atoms with Crippen molar-refractivity contribution >= 4 is 23.2 Å². The highest BCUT2D eigenvalue weighted by Crippen LogP contribution is 2.23. The van der Waals surface area contributed by atoms with Crippen LogP contribution in [0.15, 0.2) is 58.2 Å². The van der Waals surface area contributed by atoms with Gasteiger partial charge in [-0.25, -0.2) is 0 Å². The summed E-state index contributed by atoms with van der Waals surface area (Å²) in [5.74, 6) is -0.981. The molecule has 0 aliphatic carbocycles. The number of amides is 2. The Kier molecular flexibility index (Phi) is 3.74. The van der Waals surface area contributed by atoms with Gasteiger partial charge in [-0.1, -0.05) is 18.2 Å². The minimum atomic E-state index is -0.893. The Labute approximate surface area is 127 Å². The number of nitrogens with one attached hydrogen (secondary N) is 1. The molecule has 1 aliphatic heterocycles. The maximum atomic E-state index is 12.4. The first-order chi connectivity index (χ1) is 10.7. The number of para-hydroxylation sites is 1. The molecule has 6 nitrogen and oxygen atoms in total. The zero-order chi connectivity index (χ0) is 15.5. The van der Waals surface area contributed by atoms with Crippen LogP contribution in [-0.2, 0) is 16.1 Å². The zero-order valence-corrected chi connectivity index (χ0v) is 12.0. The molecule has 3 rings (SSSR count). The van der Waals surface area contributed by atoms with Gasteiger partial charge in [0.05, 0.1) is 24.2 Å². The van der Waals surface area contributed by atoms with E-state index in [0.29, 0.717) is 17.2 Å². The molecule has 0 radical (unpaired) electrons. The Morgan fingerprint density at radius 3 is 2.73 bits per heavy atom. The highest BCUT2D eigenvalue weighted by Gasteiger charge is 2.39. The summed E-state index contributed by atoms with van der Waals surface area (Å²) >= 11 is 0. The maximum absolute atomic E-state index is 12.4. The number of hydrazone groups is 1. The number of hydrogen-bond acceptors (Lipinski definition) is 4. The first kappa shape index (κ1) is 14.1. The molecule has 0 fully saturated rings. The summed E-state index contributed by atoms with van der Waals surface area (Å²) in [6.45, 7) is 1.92. The molecule has 0 bridgehead atoms. The van der Waals surface area contributed by atoms with Crippen LogP contribution in [0.5, 0.6) is 0 Å². The van der Waals surface area contributed by atoms with E-state index in [2.05, 4.69) is 10.4 Å². The van der Waals surface area contributed by atoms with Gasteiger partial charge in [0.15, 0.2) is 5.92 Å². The molecule has 112 valence electrons. The largest absolute Gasteiger partial charge is 0.467 e. The molecular formula is C16H15N3O3. The topological polar surface area (TPSA) is 74.9 Å². The SMILES string of the molecule is CC1=NN(c2ccccc2)C(=O)C1C(=O)NCc1ccco1. The second-order valence-corrected chi connectivity index (χ2v) is 4.96. The first-order valence-electron chi connectivity index (χ1n) is 6.91. The van der Waals surface area contributed by atoms with Crippen LogP contribution in [0.3, 0.4) is 0 Å². The van der Waals surface area contributed by atoms with Gasteiger partial charge in [-0.05, 0) is 31.2 Å². The molecule has 1 aliphatic rings. The molecule has 2 aromatic rings. The summed E-state index contributed by atoms with van der Waals surface area (Å²) in [4.78, 5) is 24.7. The lowest BCUT2D eigenvalue weighted by Gasteiger charge is -2.14. The van der Waals surface area contributed by atoms with E-state index in [9.17, 15) is 9.59 Å². The van der Waals surface area contributed by atoms with Crippen LogP contribution < -0.4 is 10.3 Å². The molecule has 1 unspecified atom stereocenters. The van der Waals surface area contributed by atoms with Crippen molar-refractivity contribution < 1.29 is 14.0 Å². The fourth-order valence-corrected chi connectivity index (χ4v) is 2.31. The minimum Gasteiger partial charge on any atom is -0.467 e. The molecule has 0 spiro atoms. The number of benzene rings is 1. The summed E-state index contributed by atoms with van der Waals surface area (Å²) in [5, 5.41) is 8.17. The summed E-state index contributed by atoms with van der Waals surface area (Å²) < 4.78 is 5.15. The third kappa shape index (κ3) is 2.63. The third-order valence-electron chi connectivity index (χ3n) is 3.41. The smallest absolute Gasteiger partial charge is 0.265 e. The van der Waals surface area contributed by atoms with Gasteiger partial charge >= 0.3 is 0 Å². The fraction of sp³-hybridized carbons (Fsp3) is 0.188. The van der Waals surface area contributed by atoms with Gasteiger partial charge in [0.25, 0.3) is 5.91 Å².